The molecule has 0 aliphatic rings. The molecule has 0 fully saturated rings. The van der Waals surface area contributed by atoms with Crippen LogP contribution in [0.4, 0.5) is 0 Å². The van der Waals surface area contributed by atoms with Gasteiger partial charge >= 0.3 is 0 Å². The van der Waals surface area contributed by atoms with Gasteiger partial charge < -0.3 is 10.2 Å². The summed E-state index contributed by atoms with van der Waals surface area (Å²) in [7, 11) is 0. The summed E-state index contributed by atoms with van der Waals surface area (Å²) in [5.74, 6) is 0. The maximum Gasteiger partial charge on any atom is 0.0595 e. The third-order valence-corrected chi connectivity index (χ3v) is 4.39. The van der Waals surface area contributed by atoms with Gasteiger partial charge in [0.15, 0.2) is 0 Å². The second kappa shape index (κ2) is 9.62. The lowest BCUT2D eigenvalue weighted by atomic mass is 10.0. The molecular weight excluding hydrogens is 291 g/mol. The first-order chi connectivity index (χ1) is 9.60. The minimum Gasteiger partial charge on any atom is -0.314 e. The van der Waals surface area contributed by atoms with Crippen molar-refractivity contribution in [3.63, 3.8) is 0 Å². The molecule has 0 amide bonds. The van der Waals surface area contributed by atoms with E-state index in [4.69, 9.17) is 23.2 Å². The summed E-state index contributed by atoms with van der Waals surface area (Å²) in [5, 5.41) is 4.83. The molecule has 0 radical (unpaired) electrons. The van der Waals surface area contributed by atoms with Crippen LogP contribution in [0.5, 0.6) is 0 Å². The monoisotopic (exact) mass is 316 g/mol. The van der Waals surface area contributed by atoms with Crippen LogP contribution >= 0.6 is 23.2 Å². The zero-order valence-corrected chi connectivity index (χ0v) is 14.3. The van der Waals surface area contributed by atoms with Crippen molar-refractivity contribution in [3.8, 4) is 0 Å². The van der Waals surface area contributed by atoms with Gasteiger partial charge in [-0.05, 0) is 56.7 Å². The summed E-state index contributed by atoms with van der Waals surface area (Å²) in [5.41, 5.74) is 1.24. The molecule has 0 aliphatic heterocycles. The molecule has 0 aliphatic carbocycles. The molecule has 20 heavy (non-hydrogen) atoms. The largest absolute Gasteiger partial charge is 0.314 e. The van der Waals surface area contributed by atoms with Crippen molar-refractivity contribution in [3.05, 3.63) is 33.8 Å². The van der Waals surface area contributed by atoms with Gasteiger partial charge in [0, 0.05) is 6.04 Å². The van der Waals surface area contributed by atoms with Crippen molar-refractivity contribution in [2.75, 3.05) is 26.2 Å². The first-order valence-corrected chi connectivity index (χ1v) is 8.25. The van der Waals surface area contributed by atoms with Gasteiger partial charge in [-0.15, -0.1) is 0 Å². The van der Waals surface area contributed by atoms with Gasteiger partial charge in [0.1, 0.15) is 0 Å². The van der Waals surface area contributed by atoms with Gasteiger partial charge in [-0.1, -0.05) is 50.0 Å². The summed E-state index contributed by atoms with van der Waals surface area (Å²) >= 11 is 12.1. The first-order valence-electron chi connectivity index (χ1n) is 7.50. The molecule has 0 heterocycles. The molecule has 4 heteroatoms. The van der Waals surface area contributed by atoms with Crippen molar-refractivity contribution < 1.29 is 0 Å². The van der Waals surface area contributed by atoms with Gasteiger partial charge in [-0.25, -0.2) is 0 Å². The Morgan fingerprint density at radius 2 is 1.80 bits per heavy atom. The number of likely N-dealkylation sites (N-methyl/N-ethyl adjacent to an activating group) is 1. The van der Waals surface area contributed by atoms with Crippen molar-refractivity contribution >= 4 is 23.2 Å². The number of rotatable bonds is 9. The molecule has 0 aromatic heterocycles. The third-order valence-electron chi connectivity index (χ3n) is 3.65. The molecule has 1 aromatic rings. The normalized spacial score (nSPS) is 12.9. The van der Waals surface area contributed by atoms with E-state index < -0.39 is 0 Å². The standard InChI is InChI=1S/C16H26Cl2N2/c1-4-19-14(9-10-20(5-2)6-3)11-13-7-8-15(17)16(18)12-13/h7-8,12,14,19H,4-6,9-11H2,1-3H3. The number of nitrogens with one attached hydrogen (secondary N) is 1. The van der Waals surface area contributed by atoms with E-state index >= 15 is 0 Å². The predicted molar refractivity (Wildman–Crippen MR) is 90.0 cm³/mol. The number of hydrogen-bond acceptors (Lipinski definition) is 2. The Balaban J connectivity index is 2.59. The van der Waals surface area contributed by atoms with Crippen LogP contribution in [0.25, 0.3) is 0 Å². The first kappa shape index (κ1) is 17.8. The van der Waals surface area contributed by atoms with Crippen LogP contribution in [0.15, 0.2) is 18.2 Å². The number of hydrogen-bond donors (Lipinski definition) is 1. The molecule has 0 spiro atoms. The van der Waals surface area contributed by atoms with E-state index in [9.17, 15) is 0 Å². The maximum absolute atomic E-state index is 6.09. The van der Waals surface area contributed by atoms with Gasteiger partial charge in [-0.2, -0.15) is 0 Å². The van der Waals surface area contributed by atoms with E-state index in [0.29, 0.717) is 16.1 Å². The van der Waals surface area contributed by atoms with E-state index in [2.05, 4.69) is 37.1 Å². The number of halogens is 2. The summed E-state index contributed by atoms with van der Waals surface area (Å²) in [4.78, 5) is 2.46. The summed E-state index contributed by atoms with van der Waals surface area (Å²) in [6.07, 6.45) is 2.14. The van der Waals surface area contributed by atoms with Crippen LogP contribution < -0.4 is 5.32 Å². The van der Waals surface area contributed by atoms with Crippen LogP contribution in [0.1, 0.15) is 32.8 Å². The van der Waals surface area contributed by atoms with E-state index in [1.165, 1.54) is 5.56 Å². The molecule has 0 saturated heterocycles. The number of benzene rings is 1. The molecule has 0 bridgehead atoms. The van der Waals surface area contributed by atoms with Crippen molar-refractivity contribution in [2.24, 2.45) is 0 Å². The molecule has 0 saturated carbocycles. The average Bonchev–Trinajstić information content (AvgIpc) is 2.44. The van der Waals surface area contributed by atoms with Crippen LogP contribution in [0, 0.1) is 0 Å². The van der Waals surface area contributed by atoms with Crippen molar-refractivity contribution in [1.29, 1.82) is 0 Å². The summed E-state index contributed by atoms with van der Waals surface area (Å²) < 4.78 is 0. The van der Waals surface area contributed by atoms with Crippen LogP contribution in [0.2, 0.25) is 10.0 Å². The van der Waals surface area contributed by atoms with Crippen LogP contribution in [0.3, 0.4) is 0 Å². The SMILES string of the molecule is CCNC(CCN(CC)CC)Cc1ccc(Cl)c(Cl)c1. The minimum absolute atomic E-state index is 0.484. The average molecular weight is 317 g/mol. The molecule has 1 aromatic carbocycles. The molecule has 1 unspecified atom stereocenters. The smallest absolute Gasteiger partial charge is 0.0595 e. The highest BCUT2D eigenvalue weighted by Crippen LogP contribution is 2.23. The fraction of sp³-hybridized carbons (Fsp3) is 0.625. The Morgan fingerprint density at radius 3 is 2.35 bits per heavy atom. The summed E-state index contributed by atoms with van der Waals surface area (Å²) in [6, 6.07) is 6.41. The molecule has 1 rings (SSSR count). The topological polar surface area (TPSA) is 15.3 Å². The molecule has 1 atom stereocenters. The van der Waals surface area contributed by atoms with Crippen LogP contribution in [-0.4, -0.2) is 37.1 Å². The van der Waals surface area contributed by atoms with Gasteiger partial charge in [0.2, 0.25) is 0 Å². The Kier molecular flexibility index (Phi) is 8.55. The van der Waals surface area contributed by atoms with Gasteiger partial charge in [0.25, 0.3) is 0 Å². The highest BCUT2D eigenvalue weighted by Gasteiger charge is 2.11. The summed E-state index contributed by atoms with van der Waals surface area (Å²) in [6.45, 7) is 10.9. The van der Waals surface area contributed by atoms with E-state index in [-0.39, 0.29) is 0 Å². The Labute approximate surface area is 133 Å². The quantitative estimate of drug-likeness (QED) is 0.732. The zero-order chi connectivity index (χ0) is 15.0. The van der Waals surface area contributed by atoms with E-state index in [0.717, 1.165) is 39.0 Å². The highest BCUT2D eigenvalue weighted by molar-refractivity contribution is 6.42. The Hall–Kier alpha value is -0.280. The van der Waals surface area contributed by atoms with Gasteiger partial charge in [0.05, 0.1) is 10.0 Å². The predicted octanol–water partition coefficient (Wildman–Crippen LogP) is 4.25. The molecule has 2 nitrogen and oxygen atoms in total. The van der Waals surface area contributed by atoms with Crippen LogP contribution in [-0.2, 0) is 6.42 Å². The van der Waals surface area contributed by atoms with E-state index in [1.807, 2.05) is 12.1 Å². The molecule has 114 valence electrons. The van der Waals surface area contributed by atoms with Crippen molar-refractivity contribution in [1.82, 2.24) is 10.2 Å². The fourth-order valence-electron chi connectivity index (χ4n) is 2.39. The van der Waals surface area contributed by atoms with E-state index in [1.54, 1.807) is 0 Å². The number of nitrogens with zero attached hydrogens (tertiary/aromatic N) is 1. The lowest BCUT2D eigenvalue weighted by Crippen LogP contribution is -2.35. The lowest BCUT2D eigenvalue weighted by molar-refractivity contribution is 0.281. The third kappa shape index (κ3) is 6.01. The zero-order valence-electron chi connectivity index (χ0n) is 12.8. The fourth-order valence-corrected chi connectivity index (χ4v) is 2.72. The second-order valence-corrected chi connectivity index (χ2v) is 5.84. The maximum atomic E-state index is 6.09. The van der Waals surface area contributed by atoms with Crippen molar-refractivity contribution in [2.45, 2.75) is 39.7 Å². The lowest BCUT2D eigenvalue weighted by Gasteiger charge is -2.23. The Bertz CT molecular complexity index is 392. The van der Waals surface area contributed by atoms with Gasteiger partial charge in [-0.3, -0.25) is 0 Å². The molecule has 1 N–H and O–H groups in total. The Morgan fingerprint density at radius 1 is 1.10 bits per heavy atom. The highest BCUT2D eigenvalue weighted by atomic mass is 35.5. The molecular formula is C16H26Cl2N2. The minimum atomic E-state index is 0.484. The second-order valence-electron chi connectivity index (χ2n) is 5.02.